The number of benzene rings is 4. The first-order valence-electron chi connectivity index (χ1n) is 18.2. The lowest BCUT2D eigenvalue weighted by molar-refractivity contribution is -0.132. The largest absolute Gasteiger partial charge is 0.508 e. The van der Waals surface area contributed by atoms with Gasteiger partial charge in [-0.25, -0.2) is 0 Å². The number of phenols is 1. The second kappa shape index (κ2) is 18.2. The highest BCUT2D eigenvalue weighted by atomic mass is 79.9. The number of rotatable bonds is 18. The first-order chi connectivity index (χ1) is 27.3. The average molecular weight is 844 g/mol. The summed E-state index contributed by atoms with van der Waals surface area (Å²) in [4.78, 5) is 52.3. The number of hydrogen-bond acceptors (Lipinski definition) is 12. The second-order valence-electron chi connectivity index (χ2n) is 13.1. The van der Waals surface area contributed by atoms with E-state index in [0.29, 0.717) is 70.0 Å². The van der Waals surface area contributed by atoms with Gasteiger partial charge in [-0.3, -0.25) is 24.1 Å². The van der Waals surface area contributed by atoms with Gasteiger partial charge < -0.3 is 34.1 Å². The molecule has 2 N–H and O–H groups in total. The predicted octanol–water partition coefficient (Wildman–Crippen LogP) is 7.66. The molecule has 0 bridgehead atoms. The number of nitrogens with zero attached hydrogens (tertiary/aromatic N) is 1. The molecular formula is C42H39BrN2O10S. The molecule has 14 heteroatoms. The highest BCUT2D eigenvalue weighted by molar-refractivity contribution is 9.10. The van der Waals surface area contributed by atoms with E-state index < -0.39 is 23.6 Å². The molecule has 4 aromatic carbocycles. The maximum absolute atomic E-state index is 13.2. The molecule has 290 valence electrons. The number of carbonyl (C=O) groups is 4. The van der Waals surface area contributed by atoms with Gasteiger partial charge in [-0.2, -0.15) is 0 Å². The van der Waals surface area contributed by atoms with E-state index in [1.165, 1.54) is 0 Å². The number of amides is 2. The molecule has 2 aliphatic rings. The molecule has 7 rings (SSSR count). The summed E-state index contributed by atoms with van der Waals surface area (Å²) in [5.41, 5.74) is 1.99. The number of halogens is 1. The number of anilines is 1. The Morgan fingerprint density at radius 3 is 2.21 bits per heavy atom. The highest BCUT2D eigenvalue weighted by Gasteiger charge is 2.45. The maximum Gasteiger partial charge on any atom is 0.264 e. The molecule has 1 unspecified atom stereocenters. The van der Waals surface area contributed by atoms with Crippen molar-refractivity contribution in [2.75, 3.05) is 58.1 Å². The lowest BCUT2D eigenvalue weighted by Gasteiger charge is -2.27. The zero-order valence-electron chi connectivity index (χ0n) is 30.3. The van der Waals surface area contributed by atoms with Crippen LogP contribution in [0.2, 0.25) is 0 Å². The third-order valence-electron chi connectivity index (χ3n) is 9.28. The SMILES string of the molecule is O=C1CCC(N2C(=O)c3cccc(NCCOCCOCCOCCOc4ccc(Oc5c(-c6ccc(Br)cc6)sc6cc(O)ccc56)cc4)c3C2=O)C(=O)C1. The molecule has 2 amide bonds. The Balaban J connectivity index is 0.763. The second-order valence-corrected chi connectivity index (χ2v) is 15.0. The standard InChI is InChI=1S/C42H39BrN2O10S/c43-27-6-4-26(5-7-27)40-39(32-14-8-29(47)25-37(32)56-40)55-31-12-10-30(11-13-31)54-23-22-53-21-20-52-19-18-51-17-16-44-34-3-1-2-33-38(34)42(50)45(41(33)49)35-15-9-28(46)24-36(35)48/h1-8,10-14,25,35,44,47H,9,15-24H2. The Morgan fingerprint density at radius 2 is 1.48 bits per heavy atom. The van der Waals surface area contributed by atoms with E-state index in [2.05, 4.69) is 21.2 Å². The van der Waals surface area contributed by atoms with Crippen LogP contribution in [-0.4, -0.2) is 92.2 Å². The van der Waals surface area contributed by atoms with Gasteiger partial charge in [0.1, 0.15) is 29.6 Å². The van der Waals surface area contributed by atoms with Crippen LogP contribution in [0, 0.1) is 0 Å². The predicted molar refractivity (Wildman–Crippen MR) is 214 cm³/mol. The van der Waals surface area contributed by atoms with Gasteiger partial charge in [0.25, 0.3) is 11.8 Å². The van der Waals surface area contributed by atoms with Crippen molar-refractivity contribution in [3.05, 3.63) is 101 Å². The normalized spacial score (nSPS) is 15.4. The van der Waals surface area contributed by atoms with Gasteiger partial charge in [-0.05, 0) is 78.7 Å². The summed E-state index contributed by atoms with van der Waals surface area (Å²) in [6.07, 6.45) is 0.0845. The number of hydrogen-bond donors (Lipinski definition) is 2. The summed E-state index contributed by atoms with van der Waals surface area (Å²) in [6, 6.07) is 24.8. The number of fused-ring (bicyclic) bond motifs is 2. The fourth-order valence-corrected chi connectivity index (χ4v) is 7.99. The van der Waals surface area contributed by atoms with Crippen LogP contribution in [0.1, 0.15) is 40.0 Å². The topological polar surface area (TPSA) is 150 Å². The molecule has 1 aromatic heterocycles. The minimum Gasteiger partial charge on any atom is -0.508 e. The Bertz CT molecular complexity index is 2220. The quantitative estimate of drug-likeness (QED) is 0.0509. The van der Waals surface area contributed by atoms with Crippen molar-refractivity contribution in [3.8, 4) is 33.4 Å². The highest BCUT2D eigenvalue weighted by Crippen LogP contribution is 2.47. The molecule has 0 saturated heterocycles. The fraction of sp³-hybridized carbons (Fsp3) is 0.286. The van der Waals surface area contributed by atoms with E-state index in [1.54, 1.807) is 41.7 Å². The number of thiophene rings is 1. The average Bonchev–Trinajstić information content (AvgIpc) is 3.67. The Hall–Kier alpha value is -5.12. The molecule has 1 atom stereocenters. The van der Waals surface area contributed by atoms with Crippen LogP contribution in [0.4, 0.5) is 5.69 Å². The fourth-order valence-electron chi connectivity index (χ4n) is 6.56. The zero-order chi connectivity index (χ0) is 39.0. The smallest absolute Gasteiger partial charge is 0.264 e. The lowest BCUT2D eigenvalue weighted by Crippen LogP contribution is -2.47. The Labute approximate surface area is 335 Å². The summed E-state index contributed by atoms with van der Waals surface area (Å²) in [5, 5.41) is 14.1. The first-order valence-corrected chi connectivity index (χ1v) is 19.8. The number of carbonyl (C=O) groups excluding carboxylic acids is 4. The van der Waals surface area contributed by atoms with E-state index in [0.717, 1.165) is 35.6 Å². The molecule has 1 saturated carbocycles. The Kier molecular flexibility index (Phi) is 12.7. The van der Waals surface area contributed by atoms with Crippen LogP contribution in [0.3, 0.4) is 0 Å². The maximum atomic E-state index is 13.2. The summed E-state index contributed by atoms with van der Waals surface area (Å²) in [7, 11) is 0. The van der Waals surface area contributed by atoms with Crippen molar-refractivity contribution < 1.29 is 48.0 Å². The molecule has 1 aliphatic heterocycles. The van der Waals surface area contributed by atoms with E-state index in [4.69, 9.17) is 23.7 Å². The van der Waals surface area contributed by atoms with Crippen molar-refractivity contribution in [2.24, 2.45) is 0 Å². The number of ketones is 2. The van der Waals surface area contributed by atoms with Crippen LogP contribution in [0.15, 0.2) is 89.4 Å². The number of aromatic hydroxyl groups is 1. The van der Waals surface area contributed by atoms with Crippen LogP contribution in [-0.2, 0) is 23.8 Å². The van der Waals surface area contributed by atoms with Crippen molar-refractivity contribution in [2.45, 2.75) is 25.3 Å². The van der Waals surface area contributed by atoms with Gasteiger partial charge in [-0.1, -0.05) is 34.1 Å². The van der Waals surface area contributed by atoms with Gasteiger partial charge >= 0.3 is 0 Å². The molecule has 1 fully saturated rings. The van der Waals surface area contributed by atoms with E-state index in [9.17, 15) is 24.3 Å². The molecule has 5 aromatic rings. The zero-order valence-corrected chi connectivity index (χ0v) is 32.7. The molecule has 0 radical (unpaired) electrons. The molecule has 2 heterocycles. The van der Waals surface area contributed by atoms with Crippen molar-refractivity contribution in [1.82, 2.24) is 4.90 Å². The van der Waals surface area contributed by atoms with Crippen LogP contribution in [0.5, 0.6) is 23.0 Å². The number of phenolic OH excluding ortho intramolecular Hbond substituents is 1. The van der Waals surface area contributed by atoms with Crippen molar-refractivity contribution >= 4 is 66.4 Å². The Morgan fingerprint density at radius 1 is 0.786 bits per heavy atom. The van der Waals surface area contributed by atoms with Gasteiger partial charge in [0.15, 0.2) is 11.5 Å². The van der Waals surface area contributed by atoms with Crippen LogP contribution < -0.4 is 14.8 Å². The third-order valence-corrected chi connectivity index (χ3v) is 11.0. The number of imide groups is 1. The van der Waals surface area contributed by atoms with Gasteiger partial charge in [0, 0.05) is 33.2 Å². The van der Waals surface area contributed by atoms with Crippen molar-refractivity contribution in [1.29, 1.82) is 0 Å². The van der Waals surface area contributed by atoms with E-state index in [-0.39, 0.29) is 41.9 Å². The molecule has 1 aliphatic carbocycles. The summed E-state index contributed by atoms with van der Waals surface area (Å²) in [5.74, 6) is 0.681. The number of ether oxygens (including phenoxy) is 5. The minimum atomic E-state index is -0.906. The molecular weight excluding hydrogens is 804 g/mol. The monoisotopic (exact) mass is 842 g/mol. The summed E-state index contributed by atoms with van der Waals surface area (Å²) < 4.78 is 31.0. The van der Waals surface area contributed by atoms with Crippen molar-refractivity contribution in [3.63, 3.8) is 0 Å². The number of nitrogens with one attached hydrogen (secondary N) is 1. The first kappa shape index (κ1) is 39.1. The molecule has 0 spiro atoms. The van der Waals surface area contributed by atoms with E-state index >= 15 is 0 Å². The minimum absolute atomic E-state index is 0.162. The van der Waals surface area contributed by atoms with Gasteiger partial charge in [0.2, 0.25) is 0 Å². The lowest BCUT2D eigenvalue weighted by atomic mass is 9.92. The summed E-state index contributed by atoms with van der Waals surface area (Å²) >= 11 is 5.06. The third kappa shape index (κ3) is 9.11. The molecule has 12 nitrogen and oxygen atoms in total. The van der Waals surface area contributed by atoms with Gasteiger partial charge in [-0.15, -0.1) is 11.3 Å². The van der Waals surface area contributed by atoms with Crippen LogP contribution >= 0.6 is 27.3 Å². The summed E-state index contributed by atoms with van der Waals surface area (Å²) in [6.45, 7) is 3.02. The number of Topliss-reactive ketones (excluding diaryl/α,β-unsaturated/α-hetero) is 2. The van der Waals surface area contributed by atoms with Crippen LogP contribution in [0.25, 0.3) is 20.5 Å². The van der Waals surface area contributed by atoms with E-state index in [1.807, 2.05) is 54.6 Å². The molecule has 56 heavy (non-hydrogen) atoms. The van der Waals surface area contributed by atoms with Gasteiger partial charge in [0.05, 0.1) is 68.1 Å².